The highest BCUT2D eigenvalue weighted by Gasteiger charge is 1.97. The summed E-state index contributed by atoms with van der Waals surface area (Å²) in [6, 6.07) is 3.57. The maximum atomic E-state index is 8.50. The Morgan fingerprint density at radius 3 is 2.90 bits per heavy atom. The second-order valence-electron chi connectivity index (χ2n) is 1.70. The molecule has 0 fully saturated rings. The second-order valence-corrected chi connectivity index (χ2v) is 2.86. The average Bonchev–Trinajstić information content (AvgIpc) is 1.94. The van der Waals surface area contributed by atoms with Crippen LogP contribution in [-0.2, 0) is 0 Å². The van der Waals surface area contributed by atoms with Gasteiger partial charge in [0.2, 0.25) is 0 Å². The van der Waals surface area contributed by atoms with E-state index in [-0.39, 0.29) is 0 Å². The predicted octanol–water partition coefficient (Wildman–Crippen LogP) is 1.14. The monoisotopic (exact) mass is 245 g/mol. The maximum absolute atomic E-state index is 8.50. The topological polar surface area (TPSA) is 62.7 Å². The van der Waals surface area contributed by atoms with Crippen LogP contribution in [0.5, 0.6) is 0 Å². The minimum absolute atomic E-state index is 0.386. The molecule has 0 unspecified atom stereocenters. The van der Waals surface area contributed by atoms with Crippen molar-refractivity contribution in [3.8, 4) is 6.07 Å². The van der Waals surface area contributed by atoms with E-state index < -0.39 is 0 Å². The molecule has 0 amide bonds. The molecule has 1 rings (SSSR count). The molecule has 50 valence electrons. The minimum atomic E-state index is 0.386. The van der Waals surface area contributed by atoms with Gasteiger partial charge in [-0.1, -0.05) is 0 Å². The van der Waals surface area contributed by atoms with Crippen molar-refractivity contribution in [3.05, 3.63) is 21.4 Å². The van der Waals surface area contributed by atoms with Gasteiger partial charge in [0.05, 0.1) is 5.56 Å². The molecule has 0 aliphatic heterocycles. The van der Waals surface area contributed by atoms with Crippen molar-refractivity contribution in [1.29, 1.82) is 5.26 Å². The number of anilines is 1. The summed E-state index contributed by atoms with van der Waals surface area (Å²) in [6.45, 7) is 0. The number of hydrogen-bond acceptors (Lipinski definition) is 3. The summed E-state index contributed by atoms with van der Waals surface area (Å²) >= 11 is 2.04. The molecule has 0 spiro atoms. The quantitative estimate of drug-likeness (QED) is 0.697. The van der Waals surface area contributed by atoms with Crippen LogP contribution in [0.2, 0.25) is 0 Å². The Balaban J connectivity index is 3.25. The highest BCUT2D eigenvalue weighted by molar-refractivity contribution is 14.1. The largest absolute Gasteiger partial charge is 0.384 e. The lowest BCUT2D eigenvalue weighted by Crippen LogP contribution is -1.92. The molecule has 0 saturated heterocycles. The molecule has 0 radical (unpaired) electrons. The van der Waals surface area contributed by atoms with Crippen LogP contribution in [0.3, 0.4) is 0 Å². The van der Waals surface area contributed by atoms with Gasteiger partial charge in [-0.15, -0.1) is 0 Å². The summed E-state index contributed by atoms with van der Waals surface area (Å²) < 4.78 is 0.828. The average molecular weight is 245 g/mol. The van der Waals surface area contributed by atoms with Gasteiger partial charge in [0.15, 0.2) is 0 Å². The van der Waals surface area contributed by atoms with Gasteiger partial charge in [-0.3, -0.25) is 0 Å². The van der Waals surface area contributed by atoms with Crippen LogP contribution >= 0.6 is 22.6 Å². The van der Waals surface area contributed by atoms with E-state index in [4.69, 9.17) is 11.0 Å². The number of halogens is 1. The van der Waals surface area contributed by atoms with Crippen molar-refractivity contribution in [2.24, 2.45) is 0 Å². The molecule has 0 aliphatic carbocycles. The molecule has 0 bridgehead atoms. The number of nitriles is 1. The van der Waals surface area contributed by atoms with Crippen molar-refractivity contribution in [2.45, 2.75) is 0 Å². The van der Waals surface area contributed by atoms with Crippen LogP contribution in [0.15, 0.2) is 12.3 Å². The molecule has 0 atom stereocenters. The Bertz CT molecular complexity index is 290. The van der Waals surface area contributed by atoms with E-state index in [1.54, 1.807) is 12.3 Å². The van der Waals surface area contributed by atoms with Crippen molar-refractivity contribution >= 4 is 28.4 Å². The highest BCUT2D eigenvalue weighted by atomic mass is 127. The van der Waals surface area contributed by atoms with Crippen LogP contribution in [-0.4, -0.2) is 4.98 Å². The lowest BCUT2D eigenvalue weighted by molar-refractivity contribution is 1.29. The molecule has 4 heteroatoms. The summed E-state index contributed by atoms with van der Waals surface area (Å²) in [7, 11) is 0. The van der Waals surface area contributed by atoms with Gasteiger partial charge in [-0.05, 0) is 28.7 Å². The molecular weight excluding hydrogens is 241 g/mol. The van der Waals surface area contributed by atoms with Gasteiger partial charge in [0.25, 0.3) is 0 Å². The molecule has 10 heavy (non-hydrogen) atoms. The van der Waals surface area contributed by atoms with Gasteiger partial charge < -0.3 is 5.73 Å². The molecule has 0 saturated carbocycles. The standard InChI is InChI=1S/C6H4IN3/c7-5-3-10-6(9)1-4(5)2-8/h1,3H,(H2,9,10). The fraction of sp³-hybridized carbons (Fsp3) is 0. The molecule has 3 nitrogen and oxygen atoms in total. The fourth-order valence-electron chi connectivity index (χ4n) is 0.541. The number of nitrogen functional groups attached to an aromatic ring is 1. The summed E-state index contributed by atoms with van der Waals surface area (Å²) in [5, 5.41) is 8.50. The Kier molecular flexibility index (Phi) is 2.06. The molecule has 1 heterocycles. The van der Waals surface area contributed by atoms with Crippen molar-refractivity contribution in [1.82, 2.24) is 4.98 Å². The Hall–Kier alpha value is -0.830. The SMILES string of the molecule is N#Cc1cc(N)ncc1I. The van der Waals surface area contributed by atoms with Crippen LogP contribution < -0.4 is 5.73 Å². The third kappa shape index (κ3) is 1.36. The molecule has 0 aromatic carbocycles. The second kappa shape index (κ2) is 2.84. The van der Waals surface area contributed by atoms with Crippen LogP contribution in [0.4, 0.5) is 5.82 Å². The van der Waals surface area contributed by atoms with Crippen LogP contribution in [0, 0.1) is 14.9 Å². The zero-order valence-electron chi connectivity index (χ0n) is 5.00. The summed E-state index contributed by atoms with van der Waals surface area (Å²) in [6.07, 6.45) is 1.58. The van der Waals surface area contributed by atoms with Gasteiger partial charge in [-0.2, -0.15) is 5.26 Å². The third-order valence-corrected chi connectivity index (χ3v) is 1.86. The van der Waals surface area contributed by atoms with E-state index in [1.165, 1.54) is 0 Å². The molecule has 2 N–H and O–H groups in total. The summed E-state index contributed by atoms with van der Waals surface area (Å²) in [5.74, 6) is 0.386. The van der Waals surface area contributed by atoms with Gasteiger partial charge in [-0.25, -0.2) is 4.98 Å². The van der Waals surface area contributed by atoms with E-state index in [2.05, 4.69) is 4.98 Å². The highest BCUT2D eigenvalue weighted by Crippen LogP contribution is 2.11. The van der Waals surface area contributed by atoms with E-state index >= 15 is 0 Å². The first-order chi connectivity index (χ1) is 4.74. The molecule has 1 aromatic rings. The lowest BCUT2D eigenvalue weighted by atomic mass is 10.3. The Morgan fingerprint density at radius 2 is 2.40 bits per heavy atom. The Labute approximate surface area is 72.0 Å². The van der Waals surface area contributed by atoms with Crippen molar-refractivity contribution in [3.63, 3.8) is 0 Å². The van der Waals surface area contributed by atoms with Crippen molar-refractivity contribution in [2.75, 3.05) is 5.73 Å². The lowest BCUT2D eigenvalue weighted by Gasteiger charge is -1.93. The zero-order chi connectivity index (χ0) is 7.56. The molecular formula is C6H4IN3. The van der Waals surface area contributed by atoms with Gasteiger partial charge in [0, 0.05) is 9.77 Å². The third-order valence-electron chi connectivity index (χ3n) is 0.997. The summed E-state index contributed by atoms with van der Waals surface area (Å²) in [5.41, 5.74) is 5.91. The minimum Gasteiger partial charge on any atom is -0.384 e. The first kappa shape index (κ1) is 7.28. The normalized spacial score (nSPS) is 8.80. The number of rotatable bonds is 0. The molecule has 0 aliphatic rings. The number of nitrogens with zero attached hydrogens (tertiary/aromatic N) is 2. The number of aromatic nitrogens is 1. The fourth-order valence-corrected chi connectivity index (χ4v) is 0.956. The van der Waals surface area contributed by atoms with Gasteiger partial charge >= 0.3 is 0 Å². The number of hydrogen-bond donors (Lipinski definition) is 1. The van der Waals surface area contributed by atoms with E-state index in [9.17, 15) is 0 Å². The number of pyridine rings is 1. The first-order valence-electron chi connectivity index (χ1n) is 2.55. The maximum Gasteiger partial charge on any atom is 0.124 e. The van der Waals surface area contributed by atoms with E-state index in [0.29, 0.717) is 11.4 Å². The molecule has 1 aromatic heterocycles. The number of nitrogens with two attached hydrogens (primary N) is 1. The van der Waals surface area contributed by atoms with E-state index in [0.717, 1.165) is 3.57 Å². The predicted molar refractivity (Wildman–Crippen MR) is 46.1 cm³/mol. The first-order valence-corrected chi connectivity index (χ1v) is 3.63. The van der Waals surface area contributed by atoms with Crippen molar-refractivity contribution < 1.29 is 0 Å². The van der Waals surface area contributed by atoms with Crippen LogP contribution in [0.1, 0.15) is 5.56 Å². The van der Waals surface area contributed by atoms with Crippen LogP contribution in [0.25, 0.3) is 0 Å². The van der Waals surface area contributed by atoms with Gasteiger partial charge in [0.1, 0.15) is 11.9 Å². The van der Waals surface area contributed by atoms with E-state index in [1.807, 2.05) is 28.7 Å². The Morgan fingerprint density at radius 1 is 1.70 bits per heavy atom. The smallest absolute Gasteiger partial charge is 0.124 e. The zero-order valence-corrected chi connectivity index (χ0v) is 7.16. The summed E-state index contributed by atoms with van der Waals surface area (Å²) in [4.78, 5) is 3.81.